The van der Waals surface area contributed by atoms with Gasteiger partial charge in [-0.1, -0.05) is 27.5 Å². The molecule has 17 heavy (non-hydrogen) atoms. The van der Waals surface area contributed by atoms with Gasteiger partial charge in [0.15, 0.2) is 0 Å². The highest BCUT2D eigenvalue weighted by Gasteiger charge is 2.00. The highest BCUT2D eigenvalue weighted by molar-refractivity contribution is 9.10. The third-order valence-electron chi connectivity index (χ3n) is 2.20. The van der Waals surface area contributed by atoms with Crippen molar-refractivity contribution in [1.82, 2.24) is 5.32 Å². The molecule has 2 N–H and O–H groups in total. The Hall–Kier alpha value is -0.130. The van der Waals surface area contributed by atoms with Crippen molar-refractivity contribution in [3.05, 3.63) is 33.3 Å². The summed E-state index contributed by atoms with van der Waals surface area (Å²) in [4.78, 5) is 0. The number of aliphatic hydroxyl groups is 1. The molecule has 0 aromatic heterocycles. The maximum Gasteiger partial charge on any atom is 0.0697 e. The molecule has 5 heteroatoms. The molecule has 0 fully saturated rings. The molecule has 96 valence electrons. The lowest BCUT2D eigenvalue weighted by molar-refractivity contribution is 0.0907. The fourth-order valence-electron chi connectivity index (χ4n) is 1.37. The van der Waals surface area contributed by atoms with E-state index in [0.717, 1.165) is 34.6 Å². The van der Waals surface area contributed by atoms with Crippen LogP contribution in [0.3, 0.4) is 0 Å². The largest absolute Gasteiger partial charge is 0.394 e. The molecule has 0 unspecified atom stereocenters. The average Bonchev–Trinajstić information content (AvgIpc) is 2.32. The van der Waals surface area contributed by atoms with Crippen molar-refractivity contribution >= 4 is 27.5 Å². The normalized spacial score (nSPS) is 10.8. The van der Waals surface area contributed by atoms with E-state index in [9.17, 15) is 0 Å². The Morgan fingerprint density at radius 1 is 1.35 bits per heavy atom. The maximum atomic E-state index is 8.51. The number of halogens is 2. The van der Waals surface area contributed by atoms with E-state index in [4.69, 9.17) is 21.4 Å². The Bertz CT molecular complexity index is 336. The van der Waals surface area contributed by atoms with E-state index in [0.29, 0.717) is 13.2 Å². The quantitative estimate of drug-likeness (QED) is 0.723. The molecule has 1 aromatic carbocycles. The van der Waals surface area contributed by atoms with Crippen molar-refractivity contribution in [3.8, 4) is 0 Å². The summed E-state index contributed by atoms with van der Waals surface area (Å²) >= 11 is 9.48. The van der Waals surface area contributed by atoms with Crippen LogP contribution in [0, 0.1) is 0 Å². The lowest BCUT2D eigenvalue weighted by atomic mass is 10.2. The highest BCUT2D eigenvalue weighted by Crippen LogP contribution is 2.20. The van der Waals surface area contributed by atoms with E-state index >= 15 is 0 Å². The van der Waals surface area contributed by atoms with Crippen molar-refractivity contribution in [2.45, 2.75) is 13.0 Å². The van der Waals surface area contributed by atoms with Crippen LogP contribution in [0.1, 0.15) is 12.0 Å². The van der Waals surface area contributed by atoms with Crippen molar-refractivity contribution in [2.24, 2.45) is 0 Å². The van der Waals surface area contributed by atoms with Crippen LogP contribution in [-0.2, 0) is 11.3 Å². The van der Waals surface area contributed by atoms with Gasteiger partial charge in [0.1, 0.15) is 0 Å². The van der Waals surface area contributed by atoms with E-state index < -0.39 is 0 Å². The van der Waals surface area contributed by atoms with Gasteiger partial charge in [0.25, 0.3) is 0 Å². The van der Waals surface area contributed by atoms with Gasteiger partial charge in [0.2, 0.25) is 0 Å². The minimum Gasteiger partial charge on any atom is -0.394 e. The van der Waals surface area contributed by atoms with E-state index in [1.165, 1.54) is 0 Å². The van der Waals surface area contributed by atoms with Gasteiger partial charge >= 0.3 is 0 Å². The molecule has 0 aliphatic heterocycles. The maximum absolute atomic E-state index is 8.51. The summed E-state index contributed by atoms with van der Waals surface area (Å²) in [6.45, 7) is 2.78. The summed E-state index contributed by atoms with van der Waals surface area (Å²) in [5.74, 6) is 0. The van der Waals surface area contributed by atoms with Gasteiger partial charge in [-0.2, -0.15) is 0 Å². The van der Waals surface area contributed by atoms with Gasteiger partial charge in [-0.15, -0.1) is 0 Å². The topological polar surface area (TPSA) is 41.5 Å². The van der Waals surface area contributed by atoms with Crippen LogP contribution in [0.5, 0.6) is 0 Å². The molecular formula is C12H17BrClNO2. The predicted octanol–water partition coefficient (Wildman–Crippen LogP) is 2.59. The Morgan fingerprint density at radius 2 is 2.18 bits per heavy atom. The molecule has 0 heterocycles. The second kappa shape index (κ2) is 8.89. The third-order valence-corrected chi connectivity index (χ3v) is 3.06. The number of hydrogen-bond donors (Lipinski definition) is 2. The number of rotatable bonds is 8. The molecule has 0 saturated carbocycles. The summed E-state index contributed by atoms with van der Waals surface area (Å²) in [5, 5.41) is 12.6. The molecule has 0 aliphatic carbocycles. The third kappa shape index (κ3) is 6.38. The van der Waals surface area contributed by atoms with Gasteiger partial charge < -0.3 is 15.2 Å². The Kier molecular flexibility index (Phi) is 7.81. The van der Waals surface area contributed by atoms with Crippen LogP contribution < -0.4 is 5.32 Å². The second-order valence-corrected chi connectivity index (χ2v) is 4.92. The van der Waals surface area contributed by atoms with Crippen LogP contribution in [0.2, 0.25) is 5.02 Å². The lowest BCUT2D eigenvalue weighted by Crippen LogP contribution is -2.17. The number of benzene rings is 1. The fourth-order valence-corrected chi connectivity index (χ4v) is 1.96. The Morgan fingerprint density at radius 3 is 2.94 bits per heavy atom. The van der Waals surface area contributed by atoms with Gasteiger partial charge in [0, 0.05) is 22.6 Å². The highest BCUT2D eigenvalue weighted by atomic mass is 79.9. The summed E-state index contributed by atoms with van der Waals surface area (Å²) in [5.41, 5.74) is 1.08. The number of aliphatic hydroxyl groups excluding tert-OH is 1. The molecule has 3 nitrogen and oxygen atoms in total. The molecule has 0 amide bonds. The lowest BCUT2D eigenvalue weighted by Gasteiger charge is -2.07. The summed E-state index contributed by atoms with van der Waals surface area (Å²) in [7, 11) is 0. The monoisotopic (exact) mass is 321 g/mol. The predicted molar refractivity (Wildman–Crippen MR) is 73.4 cm³/mol. The van der Waals surface area contributed by atoms with Crippen LogP contribution >= 0.6 is 27.5 Å². The second-order valence-electron chi connectivity index (χ2n) is 3.60. The molecule has 0 radical (unpaired) electrons. The van der Waals surface area contributed by atoms with Crippen LogP contribution in [0.25, 0.3) is 0 Å². The van der Waals surface area contributed by atoms with Crippen molar-refractivity contribution < 1.29 is 9.84 Å². The van der Waals surface area contributed by atoms with Gasteiger partial charge in [0.05, 0.1) is 13.2 Å². The zero-order valence-corrected chi connectivity index (χ0v) is 11.9. The molecular weight excluding hydrogens is 305 g/mol. The van der Waals surface area contributed by atoms with E-state index in [2.05, 4.69) is 21.2 Å². The molecule has 0 bridgehead atoms. The Balaban J connectivity index is 2.15. The van der Waals surface area contributed by atoms with Gasteiger partial charge in [-0.25, -0.2) is 0 Å². The van der Waals surface area contributed by atoms with Crippen LogP contribution in [0.15, 0.2) is 22.7 Å². The van der Waals surface area contributed by atoms with Crippen molar-refractivity contribution in [3.63, 3.8) is 0 Å². The smallest absolute Gasteiger partial charge is 0.0697 e. The molecule has 0 aliphatic rings. The van der Waals surface area contributed by atoms with Crippen LogP contribution in [-0.4, -0.2) is 31.5 Å². The summed E-state index contributed by atoms with van der Waals surface area (Å²) in [6, 6.07) is 5.82. The summed E-state index contributed by atoms with van der Waals surface area (Å²) in [6.07, 6.45) is 0.922. The zero-order chi connectivity index (χ0) is 12.5. The number of ether oxygens (including phenoxy) is 1. The Labute approximate surface area is 115 Å². The average molecular weight is 323 g/mol. The molecule has 0 saturated heterocycles. The molecule has 1 rings (SSSR count). The first-order valence-corrected chi connectivity index (χ1v) is 6.74. The number of hydrogen-bond acceptors (Lipinski definition) is 3. The summed E-state index contributed by atoms with van der Waals surface area (Å²) < 4.78 is 6.19. The molecule has 0 atom stereocenters. The van der Waals surface area contributed by atoms with E-state index in [-0.39, 0.29) is 6.61 Å². The fraction of sp³-hybridized carbons (Fsp3) is 0.500. The number of nitrogens with one attached hydrogen (secondary N) is 1. The molecule has 0 spiro atoms. The minimum atomic E-state index is 0.0844. The molecule has 1 aromatic rings. The van der Waals surface area contributed by atoms with E-state index in [1.54, 1.807) is 0 Å². The van der Waals surface area contributed by atoms with Crippen LogP contribution in [0.4, 0.5) is 0 Å². The standard InChI is InChI=1S/C12H17BrClNO2/c13-11-2-3-12(14)10(8-11)9-15-4-1-6-17-7-5-16/h2-3,8,15-16H,1,4-7,9H2. The van der Waals surface area contributed by atoms with Gasteiger partial charge in [-0.05, 0) is 36.7 Å². The van der Waals surface area contributed by atoms with Gasteiger partial charge in [-0.3, -0.25) is 0 Å². The van der Waals surface area contributed by atoms with Crippen molar-refractivity contribution in [2.75, 3.05) is 26.4 Å². The van der Waals surface area contributed by atoms with Crippen molar-refractivity contribution in [1.29, 1.82) is 0 Å². The first kappa shape index (κ1) is 14.9. The first-order chi connectivity index (χ1) is 8.24. The van der Waals surface area contributed by atoms with E-state index in [1.807, 2.05) is 18.2 Å². The minimum absolute atomic E-state index is 0.0844. The first-order valence-electron chi connectivity index (χ1n) is 5.57. The zero-order valence-electron chi connectivity index (χ0n) is 9.59. The SMILES string of the molecule is OCCOCCCNCc1cc(Br)ccc1Cl.